The summed E-state index contributed by atoms with van der Waals surface area (Å²) < 4.78 is 0. The van der Waals surface area contributed by atoms with Crippen molar-refractivity contribution in [1.82, 2.24) is 4.98 Å². The molecule has 0 N–H and O–H groups in total. The van der Waals surface area contributed by atoms with Crippen LogP contribution >= 0.6 is 11.6 Å². The van der Waals surface area contributed by atoms with Gasteiger partial charge in [-0.1, -0.05) is 66.2 Å². The number of halogens is 1. The van der Waals surface area contributed by atoms with Crippen molar-refractivity contribution in [2.24, 2.45) is 0 Å². The van der Waals surface area contributed by atoms with Gasteiger partial charge in [0.25, 0.3) is 0 Å². The van der Waals surface area contributed by atoms with E-state index in [1.807, 2.05) is 72.8 Å². The van der Waals surface area contributed by atoms with Gasteiger partial charge in [0.15, 0.2) is 0 Å². The van der Waals surface area contributed by atoms with E-state index in [1.54, 1.807) is 0 Å². The van der Waals surface area contributed by atoms with E-state index in [2.05, 4.69) is 4.98 Å². The van der Waals surface area contributed by atoms with Gasteiger partial charge in [0, 0.05) is 5.39 Å². The Hall–Kier alpha value is -2.12. The lowest BCUT2D eigenvalue weighted by molar-refractivity contribution is 1.37. The minimum Gasteiger partial charge on any atom is -0.247 e. The van der Waals surface area contributed by atoms with E-state index < -0.39 is 0 Å². The number of pyridine rings is 1. The third-order valence-electron chi connectivity index (χ3n) is 2.94. The van der Waals surface area contributed by atoms with Gasteiger partial charge in [-0.25, -0.2) is 4.98 Å². The molecule has 19 heavy (non-hydrogen) atoms. The Morgan fingerprint density at radius 1 is 0.842 bits per heavy atom. The molecule has 92 valence electrons. The van der Waals surface area contributed by atoms with Crippen LogP contribution in [0, 0.1) is 0 Å². The Kier molecular flexibility index (Phi) is 3.30. The van der Waals surface area contributed by atoms with Crippen LogP contribution in [0.3, 0.4) is 0 Å². The smallest absolute Gasteiger partial charge is 0.0823 e. The fourth-order valence-electron chi connectivity index (χ4n) is 1.96. The molecule has 0 spiro atoms. The summed E-state index contributed by atoms with van der Waals surface area (Å²) in [6.45, 7) is 0. The van der Waals surface area contributed by atoms with Crippen molar-refractivity contribution in [3.8, 4) is 0 Å². The summed E-state index contributed by atoms with van der Waals surface area (Å²) in [5.74, 6) is 0. The fraction of sp³-hybridized carbons (Fsp3) is 0. The molecule has 1 aromatic heterocycles. The van der Waals surface area contributed by atoms with Gasteiger partial charge in [-0.15, -0.1) is 0 Å². The number of hydrogen-bond acceptors (Lipinski definition) is 1. The minimum atomic E-state index is 0.672. The molecule has 0 aliphatic carbocycles. The molecule has 1 heterocycles. The molecule has 0 saturated heterocycles. The highest BCUT2D eigenvalue weighted by atomic mass is 35.5. The first-order chi connectivity index (χ1) is 9.33. The SMILES string of the molecule is Clc1cc2ccccc2nc1C=Cc1ccccc1. The number of nitrogens with zero attached hydrogens (tertiary/aromatic N) is 1. The van der Waals surface area contributed by atoms with Gasteiger partial charge in [0.1, 0.15) is 0 Å². The Labute approximate surface area is 117 Å². The van der Waals surface area contributed by atoms with E-state index in [4.69, 9.17) is 11.6 Å². The molecule has 0 aliphatic rings. The van der Waals surface area contributed by atoms with E-state index >= 15 is 0 Å². The largest absolute Gasteiger partial charge is 0.247 e. The molecular weight excluding hydrogens is 254 g/mol. The van der Waals surface area contributed by atoms with Gasteiger partial charge in [0.2, 0.25) is 0 Å². The zero-order valence-corrected chi connectivity index (χ0v) is 11.0. The van der Waals surface area contributed by atoms with E-state index in [9.17, 15) is 0 Å². The molecule has 0 unspecified atom stereocenters. The maximum atomic E-state index is 6.26. The van der Waals surface area contributed by atoms with E-state index in [0.29, 0.717) is 5.02 Å². The second-order valence-corrected chi connectivity index (χ2v) is 4.70. The van der Waals surface area contributed by atoms with Crippen LogP contribution in [0.4, 0.5) is 0 Å². The van der Waals surface area contributed by atoms with Crippen LogP contribution in [-0.4, -0.2) is 4.98 Å². The van der Waals surface area contributed by atoms with Crippen molar-refractivity contribution in [2.75, 3.05) is 0 Å². The lowest BCUT2D eigenvalue weighted by Gasteiger charge is -2.01. The van der Waals surface area contributed by atoms with Crippen LogP contribution in [0.15, 0.2) is 60.7 Å². The van der Waals surface area contributed by atoms with Crippen LogP contribution in [0.2, 0.25) is 5.02 Å². The Morgan fingerprint density at radius 3 is 2.42 bits per heavy atom. The number of para-hydroxylation sites is 1. The van der Waals surface area contributed by atoms with Crippen molar-refractivity contribution in [3.05, 3.63) is 76.9 Å². The molecule has 3 aromatic rings. The highest BCUT2D eigenvalue weighted by Crippen LogP contribution is 2.22. The van der Waals surface area contributed by atoms with E-state index in [-0.39, 0.29) is 0 Å². The highest BCUT2D eigenvalue weighted by Gasteiger charge is 2.01. The number of fused-ring (bicyclic) bond motifs is 1. The molecule has 0 radical (unpaired) electrons. The summed E-state index contributed by atoms with van der Waals surface area (Å²) >= 11 is 6.26. The predicted molar refractivity (Wildman–Crippen MR) is 82.1 cm³/mol. The van der Waals surface area contributed by atoms with Crippen molar-refractivity contribution < 1.29 is 0 Å². The number of hydrogen-bond donors (Lipinski definition) is 0. The zero-order valence-electron chi connectivity index (χ0n) is 10.3. The van der Waals surface area contributed by atoms with Crippen LogP contribution in [-0.2, 0) is 0 Å². The van der Waals surface area contributed by atoms with Crippen molar-refractivity contribution in [3.63, 3.8) is 0 Å². The Bertz CT molecular complexity index is 733. The van der Waals surface area contributed by atoms with E-state index in [1.165, 1.54) is 0 Å². The van der Waals surface area contributed by atoms with Crippen molar-refractivity contribution in [1.29, 1.82) is 0 Å². The monoisotopic (exact) mass is 265 g/mol. The molecular formula is C17H12ClN. The molecule has 1 nitrogen and oxygen atoms in total. The van der Waals surface area contributed by atoms with Crippen molar-refractivity contribution in [2.45, 2.75) is 0 Å². The lowest BCUT2D eigenvalue weighted by atomic mass is 10.1. The summed E-state index contributed by atoms with van der Waals surface area (Å²) in [6, 6.07) is 20.0. The van der Waals surface area contributed by atoms with Gasteiger partial charge in [-0.2, -0.15) is 0 Å². The van der Waals surface area contributed by atoms with Crippen LogP contribution in [0.1, 0.15) is 11.3 Å². The predicted octanol–water partition coefficient (Wildman–Crippen LogP) is 5.06. The number of aromatic nitrogens is 1. The Balaban J connectivity index is 2.01. The standard InChI is InChI=1S/C17H12ClN/c18-15-12-14-8-4-5-9-16(14)19-17(15)11-10-13-6-2-1-3-7-13/h1-12H. The maximum Gasteiger partial charge on any atom is 0.0823 e. The van der Waals surface area contributed by atoms with Gasteiger partial charge in [0.05, 0.1) is 16.2 Å². The molecule has 0 amide bonds. The molecule has 0 aliphatic heterocycles. The highest BCUT2D eigenvalue weighted by molar-refractivity contribution is 6.32. The van der Waals surface area contributed by atoms with Gasteiger partial charge >= 0.3 is 0 Å². The van der Waals surface area contributed by atoms with Crippen LogP contribution in [0.25, 0.3) is 23.1 Å². The third kappa shape index (κ3) is 2.67. The quantitative estimate of drug-likeness (QED) is 0.631. The molecule has 0 atom stereocenters. The maximum absolute atomic E-state index is 6.26. The summed E-state index contributed by atoms with van der Waals surface area (Å²) in [4.78, 5) is 4.57. The zero-order chi connectivity index (χ0) is 13.1. The molecule has 0 fully saturated rings. The lowest BCUT2D eigenvalue weighted by Crippen LogP contribution is -1.85. The first kappa shape index (κ1) is 11.9. The third-order valence-corrected chi connectivity index (χ3v) is 3.24. The summed E-state index contributed by atoms with van der Waals surface area (Å²) in [7, 11) is 0. The molecule has 0 bridgehead atoms. The molecule has 3 rings (SSSR count). The first-order valence-corrected chi connectivity index (χ1v) is 6.49. The summed E-state index contributed by atoms with van der Waals surface area (Å²) in [5, 5.41) is 1.73. The number of benzene rings is 2. The summed E-state index contributed by atoms with van der Waals surface area (Å²) in [6.07, 6.45) is 3.97. The summed E-state index contributed by atoms with van der Waals surface area (Å²) in [5.41, 5.74) is 2.89. The average Bonchev–Trinajstić information content (AvgIpc) is 2.46. The van der Waals surface area contributed by atoms with Gasteiger partial charge < -0.3 is 0 Å². The number of rotatable bonds is 2. The van der Waals surface area contributed by atoms with Crippen LogP contribution < -0.4 is 0 Å². The molecule has 2 aromatic carbocycles. The minimum absolute atomic E-state index is 0.672. The first-order valence-electron chi connectivity index (χ1n) is 6.11. The molecule has 2 heteroatoms. The fourth-order valence-corrected chi connectivity index (χ4v) is 2.18. The molecule has 0 saturated carbocycles. The second-order valence-electron chi connectivity index (χ2n) is 4.29. The van der Waals surface area contributed by atoms with Crippen molar-refractivity contribution >= 4 is 34.7 Å². The average molecular weight is 266 g/mol. The second kappa shape index (κ2) is 5.25. The van der Waals surface area contributed by atoms with Gasteiger partial charge in [-0.3, -0.25) is 0 Å². The topological polar surface area (TPSA) is 12.9 Å². The Morgan fingerprint density at radius 2 is 1.58 bits per heavy atom. The van der Waals surface area contributed by atoms with Crippen LogP contribution in [0.5, 0.6) is 0 Å². The normalized spacial score (nSPS) is 11.2. The van der Waals surface area contributed by atoms with Gasteiger partial charge in [-0.05, 0) is 23.8 Å². The van der Waals surface area contributed by atoms with E-state index in [0.717, 1.165) is 22.2 Å².